The van der Waals surface area contributed by atoms with Gasteiger partial charge in [0.2, 0.25) is 0 Å². The van der Waals surface area contributed by atoms with Gasteiger partial charge in [0.15, 0.2) is 0 Å². The fourth-order valence-electron chi connectivity index (χ4n) is 7.87. The van der Waals surface area contributed by atoms with Crippen molar-refractivity contribution < 1.29 is 15.4 Å². The molecule has 4 aliphatic carbocycles. The minimum absolute atomic E-state index is 0.0489. The van der Waals surface area contributed by atoms with Crippen LogP contribution >= 0.6 is 0 Å². The summed E-state index contributed by atoms with van der Waals surface area (Å²) < 4.78 is 0. The number of nitrogens with zero attached hydrogens (tertiary/aromatic N) is 1. The van der Waals surface area contributed by atoms with Crippen LogP contribution in [-0.4, -0.2) is 33.3 Å². The van der Waals surface area contributed by atoms with Crippen LogP contribution in [0.1, 0.15) is 78.1 Å². The highest BCUT2D eigenvalue weighted by Gasteiger charge is 2.66. The Hall–Kier alpha value is -0.610. The highest BCUT2D eigenvalue weighted by atomic mass is 16.4. The van der Waals surface area contributed by atoms with Gasteiger partial charge in [-0.3, -0.25) is 0 Å². The second-order valence-electron chi connectivity index (χ2n) is 10.1. The van der Waals surface area contributed by atoms with Crippen molar-refractivity contribution >= 4 is 6.21 Å². The Morgan fingerprint density at radius 1 is 1.00 bits per heavy atom. The largest absolute Gasteiger partial charge is 0.411 e. The maximum atomic E-state index is 11.9. The van der Waals surface area contributed by atoms with Gasteiger partial charge in [-0.15, -0.1) is 5.16 Å². The average molecular weight is 350 g/mol. The van der Waals surface area contributed by atoms with Crippen molar-refractivity contribution in [3.63, 3.8) is 0 Å². The van der Waals surface area contributed by atoms with Crippen LogP contribution in [0, 0.1) is 34.5 Å². The van der Waals surface area contributed by atoms with Gasteiger partial charge in [0, 0.05) is 6.21 Å². The second-order valence-corrected chi connectivity index (χ2v) is 10.1. The van der Waals surface area contributed by atoms with Crippen LogP contribution in [0.15, 0.2) is 5.16 Å². The van der Waals surface area contributed by atoms with Crippen molar-refractivity contribution in [2.24, 2.45) is 39.7 Å². The summed E-state index contributed by atoms with van der Waals surface area (Å²) >= 11 is 0. The molecule has 8 atom stereocenters. The average Bonchev–Trinajstić information content (AvgIpc) is 2.85. The molecule has 4 fully saturated rings. The molecule has 25 heavy (non-hydrogen) atoms. The molecular weight excluding hydrogens is 314 g/mol. The lowest BCUT2D eigenvalue weighted by molar-refractivity contribution is -0.209. The van der Waals surface area contributed by atoms with Crippen LogP contribution in [0.4, 0.5) is 0 Å². The first-order valence-corrected chi connectivity index (χ1v) is 10.4. The van der Waals surface area contributed by atoms with Gasteiger partial charge in [0.05, 0.1) is 11.7 Å². The quantitative estimate of drug-likeness (QED) is 0.401. The molecule has 0 aromatic rings. The van der Waals surface area contributed by atoms with E-state index in [1.54, 1.807) is 6.21 Å². The Morgan fingerprint density at radius 2 is 1.80 bits per heavy atom. The molecule has 0 aromatic heterocycles. The monoisotopic (exact) mass is 349 g/mol. The van der Waals surface area contributed by atoms with E-state index in [0.29, 0.717) is 29.1 Å². The molecule has 4 saturated carbocycles. The Labute approximate surface area is 151 Å². The zero-order valence-corrected chi connectivity index (χ0v) is 15.8. The molecule has 142 valence electrons. The van der Waals surface area contributed by atoms with Crippen LogP contribution in [0.5, 0.6) is 0 Å². The molecule has 0 bridgehead atoms. The smallest absolute Gasteiger partial charge is 0.0734 e. The van der Waals surface area contributed by atoms with E-state index in [9.17, 15) is 10.2 Å². The van der Waals surface area contributed by atoms with E-state index in [-0.39, 0.29) is 11.5 Å². The van der Waals surface area contributed by atoms with Crippen LogP contribution in [-0.2, 0) is 0 Å². The summed E-state index contributed by atoms with van der Waals surface area (Å²) in [7, 11) is 0. The van der Waals surface area contributed by atoms with Gasteiger partial charge < -0.3 is 15.4 Å². The lowest BCUT2D eigenvalue weighted by atomic mass is 9.43. The summed E-state index contributed by atoms with van der Waals surface area (Å²) in [5, 5.41) is 34.1. The first-order chi connectivity index (χ1) is 11.8. The van der Waals surface area contributed by atoms with E-state index in [0.717, 1.165) is 57.8 Å². The highest BCUT2D eigenvalue weighted by molar-refractivity contribution is 5.57. The van der Waals surface area contributed by atoms with E-state index in [2.05, 4.69) is 19.0 Å². The molecule has 4 rings (SSSR count). The number of fused-ring (bicyclic) bond motifs is 5. The van der Waals surface area contributed by atoms with Gasteiger partial charge in [0.25, 0.3) is 0 Å². The van der Waals surface area contributed by atoms with Crippen LogP contribution < -0.4 is 0 Å². The summed E-state index contributed by atoms with van der Waals surface area (Å²) in [6, 6.07) is 0. The molecule has 4 nitrogen and oxygen atoms in total. The Kier molecular flexibility index (Phi) is 4.23. The minimum Gasteiger partial charge on any atom is -0.411 e. The zero-order valence-electron chi connectivity index (χ0n) is 15.8. The van der Waals surface area contributed by atoms with E-state index in [1.165, 1.54) is 6.42 Å². The maximum Gasteiger partial charge on any atom is 0.0734 e. The third-order valence-corrected chi connectivity index (χ3v) is 9.49. The molecule has 0 spiro atoms. The fourth-order valence-corrected chi connectivity index (χ4v) is 7.87. The van der Waals surface area contributed by atoms with Gasteiger partial charge in [-0.2, -0.15) is 0 Å². The van der Waals surface area contributed by atoms with Crippen LogP contribution in [0.25, 0.3) is 0 Å². The summed E-state index contributed by atoms with van der Waals surface area (Å²) in [6.07, 6.45) is 11.8. The molecule has 0 heterocycles. The molecule has 0 amide bonds. The molecule has 3 N–H and O–H groups in total. The first kappa shape index (κ1) is 17.8. The normalized spacial score (nSPS) is 55.6. The summed E-state index contributed by atoms with van der Waals surface area (Å²) in [5.74, 6) is 2.05. The second kappa shape index (κ2) is 5.95. The molecule has 4 aliphatic rings. The molecule has 4 heteroatoms. The van der Waals surface area contributed by atoms with E-state index in [1.807, 2.05) is 0 Å². The van der Waals surface area contributed by atoms with Gasteiger partial charge in [-0.05, 0) is 98.7 Å². The standard InChI is InChI=1S/C21H35NO3/c1-19-9-6-16(23)13-15(19)3-4-18-17(19)7-10-20(2)14(8-12-22-25)5-11-21(18,20)24/h12,14-18,23-25H,3-11,13H2,1-2H3/b22-12+/t14-,15-,16+,17+,18-,19+,20-,21+/m1/s1. The third-order valence-electron chi connectivity index (χ3n) is 9.49. The molecule has 0 unspecified atom stereocenters. The van der Waals surface area contributed by atoms with Crippen LogP contribution in [0.3, 0.4) is 0 Å². The van der Waals surface area contributed by atoms with Gasteiger partial charge in [0.1, 0.15) is 0 Å². The topological polar surface area (TPSA) is 73.1 Å². The Morgan fingerprint density at radius 3 is 2.56 bits per heavy atom. The minimum atomic E-state index is -0.562. The molecular formula is C21H35NO3. The summed E-state index contributed by atoms with van der Waals surface area (Å²) in [6.45, 7) is 4.75. The number of aliphatic hydroxyl groups is 2. The highest BCUT2D eigenvalue weighted by Crippen LogP contribution is 2.69. The van der Waals surface area contributed by atoms with Gasteiger partial charge >= 0.3 is 0 Å². The SMILES string of the molecule is C[C@]12CC[C@H](O)C[C@H]1CC[C@@H]1[C@@H]2CC[C@]2(C)[C@@H](C/C=N/O)CC[C@]12O. The lowest BCUT2D eigenvalue weighted by Gasteiger charge is -2.63. The number of aliphatic hydroxyl groups excluding tert-OH is 1. The van der Waals surface area contributed by atoms with Crippen molar-refractivity contribution in [2.75, 3.05) is 0 Å². The number of oxime groups is 1. The molecule has 0 radical (unpaired) electrons. The molecule has 0 aromatic carbocycles. The number of hydrogen-bond donors (Lipinski definition) is 3. The van der Waals surface area contributed by atoms with Gasteiger partial charge in [-0.25, -0.2) is 0 Å². The lowest BCUT2D eigenvalue weighted by Crippen LogP contribution is -2.62. The third kappa shape index (κ3) is 2.36. The van der Waals surface area contributed by atoms with Gasteiger partial charge in [-0.1, -0.05) is 13.8 Å². The number of rotatable bonds is 2. The molecule has 0 saturated heterocycles. The Balaban J connectivity index is 1.62. The van der Waals surface area contributed by atoms with Crippen molar-refractivity contribution in [1.82, 2.24) is 0 Å². The summed E-state index contributed by atoms with van der Waals surface area (Å²) in [5.41, 5.74) is -0.315. The molecule has 0 aliphatic heterocycles. The van der Waals surface area contributed by atoms with E-state index < -0.39 is 5.60 Å². The predicted octanol–water partition coefficient (Wildman–Crippen LogP) is 3.97. The van der Waals surface area contributed by atoms with Crippen molar-refractivity contribution in [1.29, 1.82) is 0 Å². The zero-order chi connectivity index (χ0) is 17.9. The van der Waals surface area contributed by atoms with E-state index in [4.69, 9.17) is 5.21 Å². The number of hydrogen-bond acceptors (Lipinski definition) is 4. The fraction of sp³-hybridized carbons (Fsp3) is 0.952. The Bertz CT molecular complexity index is 551. The maximum absolute atomic E-state index is 11.9. The van der Waals surface area contributed by atoms with Crippen LogP contribution in [0.2, 0.25) is 0 Å². The van der Waals surface area contributed by atoms with Crippen molar-refractivity contribution in [2.45, 2.75) is 89.8 Å². The first-order valence-electron chi connectivity index (χ1n) is 10.4. The predicted molar refractivity (Wildman–Crippen MR) is 97.6 cm³/mol. The van der Waals surface area contributed by atoms with Crippen molar-refractivity contribution in [3.05, 3.63) is 0 Å². The summed E-state index contributed by atoms with van der Waals surface area (Å²) in [4.78, 5) is 0. The van der Waals surface area contributed by atoms with E-state index >= 15 is 0 Å². The van der Waals surface area contributed by atoms with Crippen molar-refractivity contribution in [3.8, 4) is 0 Å².